The number of nitrogens with zero attached hydrogens (tertiary/aromatic N) is 4. The van der Waals surface area contributed by atoms with E-state index in [9.17, 15) is 4.79 Å². The number of benzene rings is 3. The SMILES string of the molecule is O=C(COc1cccc(-n2cnnn2)c1)Nc1cccc(OCc2ccccc2)c1. The lowest BCUT2D eigenvalue weighted by atomic mass is 10.2. The number of amides is 1. The highest BCUT2D eigenvalue weighted by Gasteiger charge is 2.06. The fourth-order valence-electron chi connectivity index (χ4n) is 2.75. The van der Waals surface area contributed by atoms with Gasteiger partial charge < -0.3 is 14.8 Å². The summed E-state index contributed by atoms with van der Waals surface area (Å²) >= 11 is 0. The van der Waals surface area contributed by atoms with Gasteiger partial charge in [-0.1, -0.05) is 42.5 Å². The summed E-state index contributed by atoms with van der Waals surface area (Å²) in [5, 5.41) is 13.8. The van der Waals surface area contributed by atoms with Crippen molar-refractivity contribution >= 4 is 11.6 Å². The van der Waals surface area contributed by atoms with Crippen molar-refractivity contribution in [2.45, 2.75) is 6.61 Å². The molecule has 0 aliphatic rings. The Balaban J connectivity index is 1.30. The number of hydrogen-bond donors (Lipinski definition) is 1. The lowest BCUT2D eigenvalue weighted by molar-refractivity contribution is -0.118. The number of rotatable bonds is 8. The molecule has 0 aliphatic carbocycles. The first-order valence-corrected chi connectivity index (χ1v) is 9.29. The summed E-state index contributed by atoms with van der Waals surface area (Å²) in [6.45, 7) is 0.327. The van der Waals surface area contributed by atoms with E-state index in [1.54, 1.807) is 30.3 Å². The van der Waals surface area contributed by atoms with Crippen molar-refractivity contribution in [1.82, 2.24) is 20.2 Å². The molecule has 0 aliphatic heterocycles. The zero-order valence-corrected chi connectivity index (χ0v) is 16.0. The van der Waals surface area contributed by atoms with Gasteiger partial charge in [0.2, 0.25) is 0 Å². The lowest BCUT2D eigenvalue weighted by Crippen LogP contribution is -2.20. The molecular weight excluding hydrogens is 382 g/mol. The van der Waals surface area contributed by atoms with Crippen LogP contribution >= 0.6 is 0 Å². The lowest BCUT2D eigenvalue weighted by Gasteiger charge is -2.10. The molecule has 1 N–H and O–H groups in total. The van der Waals surface area contributed by atoms with Crippen LogP contribution in [0, 0.1) is 0 Å². The molecular formula is C22H19N5O3. The van der Waals surface area contributed by atoms with Crippen LogP contribution < -0.4 is 14.8 Å². The Kier molecular flexibility index (Phi) is 5.95. The second kappa shape index (κ2) is 9.33. The van der Waals surface area contributed by atoms with Crippen LogP contribution in [0.15, 0.2) is 85.2 Å². The number of ether oxygens (including phenoxy) is 2. The minimum atomic E-state index is -0.275. The predicted molar refractivity (Wildman–Crippen MR) is 110 cm³/mol. The molecule has 150 valence electrons. The Hall–Kier alpha value is -4.20. The fraction of sp³-hybridized carbons (Fsp3) is 0.0909. The zero-order chi connectivity index (χ0) is 20.6. The molecule has 0 saturated carbocycles. The molecule has 1 amide bonds. The summed E-state index contributed by atoms with van der Waals surface area (Å²) in [6, 6.07) is 24.3. The maximum absolute atomic E-state index is 12.3. The van der Waals surface area contributed by atoms with E-state index in [2.05, 4.69) is 20.8 Å². The van der Waals surface area contributed by atoms with E-state index >= 15 is 0 Å². The number of hydrogen-bond acceptors (Lipinski definition) is 6. The van der Waals surface area contributed by atoms with Gasteiger partial charge >= 0.3 is 0 Å². The Morgan fingerprint density at radius 2 is 1.70 bits per heavy atom. The first-order chi connectivity index (χ1) is 14.8. The van der Waals surface area contributed by atoms with Crippen molar-refractivity contribution in [3.05, 3.63) is 90.8 Å². The van der Waals surface area contributed by atoms with Crippen LogP contribution in [0.5, 0.6) is 11.5 Å². The minimum Gasteiger partial charge on any atom is -0.489 e. The molecule has 3 aromatic carbocycles. The maximum atomic E-state index is 12.3. The average Bonchev–Trinajstić information content (AvgIpc) is 3.33. The summed E-state index contributed by atoms with van der Waals surface area (Å²) in [7, 11) is 0. The highest BCUT2D eigenvalue weighted by molar-refractivity contribution is 5.92. The average molecular weight is 401 g/mol. The van der Waals surface area contributed by atoms with E-state index in [1.807, 2.05) is 48.5 Å². The number of nitrogens with one attached hydrogen (secondary N) is 1. The van der Waals surface area contributed by atoms with Crippen LogP contribution in [-0.4, -0.2) is 32.7 Å². The quantitative estimate of drug-likeness (QED) is 0.487. The fourth-order valence-corrected chi connectivity index (χ4v) is 2.75. The summed E-state index contributed by atoms with van der Waals surface area (Å²) in [5.74, 6) is 0.938. The highest BCUT2D eigenvalue weighted by Crippen LogP contribution is 2.19. The van der Waals surface area contributed by atoms with E-state index in [0.29, 0.717) is 23.8 Å². The van der Waals surface area contributed by atoms with Crippen molar-refractivity contribution in [3.8, 4) is 17.2 Å². The second-order valence-corrected chi connectivity index (χ2v) is 6.39. The second-order valence-electron chi connectivity index (χ2n) is 6.39. The molecule has 1 heterocycles. The normalized spacial score (nSPS) is 10.4. The first kappa shape index (κ1) is 19.1. The molecule has 1 aromatic heterocycles. The Labute approximate surface area is 173 Å². The molecule has 30 heavy (non-hydrogen) atoms. The number of anilines is 1. The summed E-state index contributed by atoms with van der Waals surface area (Å²) in [6.07, 6.45) is 1.48. The van der Waals surface area contributed by atoms with Crippen molar-refractivity contribution in [3.63, 3.8) is 0 Å². The van der Waals surface area contributed by atoms with E-state index in [1.165, 1.54) is 11.0 Å². The topological polar surface area (TPSA) is 91.2 Å². The van der Waals surface area contributed by atoms with Gasteiger partial charge in [-0.05, 0) is 40.3 Å². The number of carbonyl (C=O) groups excluding carboxylic acids is 1. The van der Waals surface area contributed by atoms with Gasteiger partial charge in [0.05, 0.1) is 5.69 Å². The third-order valence-corrected chi connectivity index (χ3v) is 4.17. The number of carbonyl (C=O) groups is 1. The Bertz CT molecular complexity index is 1100. The zero-order valence-electron chi connectivity index (χ0n) is 16.0. The van der Waals surface area contributed by atoms with Gasteiger partial charge in [-0.15, -0.1) is 5.10 Å². The van der Waals surface area contributed by atoms with Crippen LogP contribution in [0.25, 0.3) is 5.69 Å². The van der Waals surface area contributed by atoms with Crippen LogP contribution in [0.1, 0.15) is 5.56 Å². The van der Waals surface area contributed by atoms with Gasteiger partial charge in [-0.3, -0.25) is 4.79 Å². The number of aromatic nitrogens is 4. The van der Waals surface area contributed by atoms with Gasteiger partial charge in [-0.2, -0.15) is 0 Å². The highest BCUT2D eigenvalue weighted by atomic mass is 16.5. The molecule has 8 nitrogen and oxygen atoms in total. The minimum absolute atomic E-state index is 0.131. The van der Waals surface area contributed by atoms with Gasteiger partial charge in [0.15, 0.2) is 6.61 Å². The molecule has 8 heteroatoms. The van der Waals surface area contributed by atoms with E-state index in [4.69, 9.17) is 9.47 Å². The summed E-state index contributed by atoms with van der Waals surface area (Å²) in [4.78, 5) is 12.3. The Morgan fingerprint density at radius 3 is 2.50 bits per heavy atom. The summed E-state index contributed by atoms with van der Waals surface area (Å²) < 4.78 is 12.9. The largest absolute Gasteiger partial charge is 0.489 e. The molecule has 0 atom stereocenters. The van der Waals surface area contributed by atoms with Crippen molar-refractivity contribution in [2.75, 3.05) is 11.9 Å². The summed E-state index contributed by atoms with van der Waals surface area (Å²) in [5.41, 5.74) is 2.45. The Morgan fingerprint density at radius 1 is 0.900 bits per heavy atom. The van der Waals surface area contributed by atoms with E-state index in [0.717, 1.165) is 11.3 Å². The number of tetrazole rings is 1. The third-order valence-electron chi connectivity index (χ3n) is 4.17. The standard InChI is InChI=1S/C22H19N5O3/c28-22(15-30-21-11-5-9-19(13-21)27-16-23-25-26-27)24-18-8-4-10-20(12-18)29-14-17-6-2-1-3-7-17/h1-13,16H,14-15H2,(H,24,28). The molecule has 0 unspecified atom stereocenters. The molecule has 4 rings (SSSR count). The van der Waals surface area contributed by atoms with Crippen LogP contribution in [0.2, 0.25) is 0 Å². The van der Waals surface area contributed by atoms with Gasteiger partial charge in [0.1, 0.15) is 24.4 Å². The third kappa shape index (κ3) is 5.20. The van der Waals surface area contributed by atoms with Crippen molar-refractivity contribution in [2.24, 2.45) is 0 Å². The molecule has 0 saturated heterocycles. The van der Waals surface area contributed by atoms with Crippen LogP contribution in [0.4, 0.5) is 5.69 Å². The monoisotopic (exact) mass is 401 g/mol. The molecule has 0 spiro atoms. The van der Waals surface area contributed by atoms with Gasteiger partial charge in [0, 0.05) is 17.8 Å². The van der Waals surface area contributed by atoms with Gasteiger partial charge in [0.25, 0.3) is 5.91 Å². The van der Waals surface area contributed by atoms with Crippen molar-refractivity contribution < 1.29 is 14.3 Å². The smallest absolute Gasteiger partial charge is 0.262 e. The van der Waals surface area contributed by atoms with Crippen LogP contribution in [0.3, 0.4) is 0 Å². The van der Waals surface area contributed by atoms with Crippen molar-refractivity contribution in [1.29, 1.82) is 0 Å². The molecule has 4 aromatic rings. The van der Waals surface area contributed by atoms with Crippen LogP contribution in [-0.2, 0) is 11.4 Å². The van der Waals surface area contributed by atoms with E-state index in [-0.39, 0.29) is 12.5 Å². The van der Waals surface area contributed by atoms with Gasteiger partial charge in [-0.25, -0.2) is 4.68 Å². The molecule has 0 fully saturated rings. The maximum Gasteiger partial charge on any atom is 0.262 e. The molecule has 0 radical (unpaired) electrons. The molecule has 0 bridgehead atoms. The predicted octanol–water partition coefficient (Wildman–Crippen LogP) is 3.26. The first-order valence-electron chi connectivity index (χ1n) is 9.29. The van der Waals surface area contributed by atoms with E-state index < -0.39 is 0 Å².